The summed E-state index contributed by atoms with van der Waals surface area (Å²) in [5, 5.41) is 14.6. The number of hydrogen-bond acceptors (Lipinski definition) is 3. The molecule has 0 bridgehead atoms. The van der Waals surface area contributed by atoms with Crippen LogP contribution >= 0.6 is 0 Å². The zero-order valence-electron chi connectivity index (χ0n) is 12.4. The number of anilines is 1. The molecule has 0 atom stereocenters. The Bertz CT molecular complexity index is 630. The third kappa shape index (κ3) is 5.39. The van der Waals surface area contributed by atoms with Crippen molar-refractivity contribution in [3.05, 3.63) is 65.7 Å². The zero-order chi connectivity index (χ0) is 15.6. The summed E-state index contributed by atoms with van der Waals surface area (Å²) in [4.78, 5) is 11.8. The van der Waals surface area contributed by atoms with Gasteiger partial charge in [-0.3, -0.25) is 4.79 Å². The molecule has 0 saturated heterocycles. The van der Waals surface area contributed by atoms with Gasteiger partial charge in [0.1, 0.15) is 0 Å². The van der Waals surface area contributed by atoms with Crippen LogP contribution in [0.2, 0.25) is 0 Å². The highest BCUT2D eigenvalue weighted by atomic mass is 16.1. The summed E-state index contributed by atoms with van der Waals surface area (Å²) in [6.07, 6.45) is 2.00. The van der Waals surface area contributed by atoms with E-state index in [9.17, 15) is 4.79 Å². The Morgan fingerprint density at radius 2 is 1.77 bits per heavy atom. The second kappa shape index (κ2) is 8.60. The van der Waals surface area contributed by atoms with Crippen LogP contribution in [0.15, 0.2) is 54.6 Å². The highest BCUT2D eigenvalue weighted by Gasteiger charge is 2.01. The van der Waals surface area contributed by atoms with Crippen molar-refractivity contribution in [2.45, 2.75) is 12.8 Å². The molecule has 0 spiro atoms. The molecule has 2 N–H and O–H groups in total. The number of aryl methyl sites for hydroxylation is 1. The molecule has 0 aliphatic carbocycles. The van der Waals surface area contributed by atoms with Crippen molar-refractivity contribution in [3.8, 4) is 6.07 Å². The molecular formula is C18H19N3O. The number of nitriles is 1. The van der Waals surface area contributed by atoms with Crippen molar-refractivity contribution >= 4 is 11.6 Å². The first-order chi connectivity index (χ1) is 10.8. The monoisotopic (exact) mass is 293 g/mol. The van der Waals surface area contributed by atoms with Crippen LogP contribution < -0.4 is 10.6 Å². The maximum atomic E-state index is 11.8. The average molecular weight is 293 g/mol. The predicted octanol–water partition coefficient (Wildman–Crippen LogP) is 2.72. The third-order valence-electron chi connectivity index (χ3n) is 3.25. The van der Waals surface area contributed by atoms with Crippen LogP contribution in [0.3, 0.4) is 0 Å². The van der Waals surface area contributed by atoms with Crippen LogP contribution in [0.25, 0.3) is 0 Å². The zero-order valence-corrected chi connectivity index (χ0v) is 12.4. The van der Waals surface area contributed by atoms with E-state index in [1.54, 1.807) is 24.3 Å². The van der Waals surface area contributed by atoms with Gasteiger partial charge in [0.15, 0.2) is 0 Å². The number of carbonyl (C=O) groups excluding carboxylic acids is 1. The van der Waals surface area contributed by atoms with Crippen molar-refractivity contribution in [2.75, 3.05) is 18.4 Å². The molecule has 2 aromatic rings. The van der Waals surface area contributed by atoms with Gasteiger partial charge >= 0.3 is 0 Å². The van der Waals surface area contributed by atoms with Gasteiger partial charge in [-0.1, -0.05) is 30.3 Å². The van der Waals surface area contributed by atoms with E-state index in [0.717, 1.165) is 19.4 Å². The van der Waals surface area contributed by atoms with Gasteiger partial charge < -0.3 is 10.6 Å². The highest BCUT2D eigenvalue weighted by molar-refractivity contribution is 5.92. The molecule has 0 aliphatic rings. The van der Waals surface area contributed by atoms with Gasteiger partial charge in [-0.2, -0.15) is 5.26 Å². The molecule has 22 heavy (non-hydrogen) atoms. The fourth-order valence-corrected chi connectivity index (χ4v) is 2.10. The lowest BCUT2D eigenvalue weighted by Crippen LogP contribution is -2.28. The lowest BCUT2D eigenvalue weighted by atomic mass is 10.1. The van der Waals surface area contributed by atoms with E-state index in [-0.39, 0.29) is 12.5 Å². The largest absolute Gasteiger partial charge is 0.325 e. The molecule has 0 aliphatic heterocycles. The Hall–Kier alpha value is -2.64. The summed E-state index contributed by atoms with van der Waals surface area (Å²) in [5.74, 6) is -0.0792. The number of hydrogen-bond donors (Lipinski definition) is 2. The Balaban J connectivity index is 1.62. The minimum atomic E-state index is -0.0792. The maximum absolute atomic E-state index is 11.8. The topological polar surface area (TPSA) is 64.9 Å². The van der Waals surface area contributed by atoms with Gasteiger partial charge in [0, 0.05) is 5.69 Å². The number of amides is 1. The second-order valence-electron chi connectivity index (χ2n) is 5.00. The Morgan fingerprint density at radius 1 is 1.05 bits per heavy atom. The molecule has 0 saturated carbocycles. The summed E-state index contributed by atoms with van der Waals surface area (Å²) < 4.78 is 0. The van der Waals surface area contributed by atoms with Crippen molar-refractivity contribution in [1.82, 2.24) is 5.32 Å². The summed E-state index contributed by atoms with van der Waals surface area (Å²) in [6.45, 7) is 1.09. The molecule has 0 unspecified atom stereocenters. The van der Waals surface area contributed by atoms with Crippen LogP contribution in [-0.4, -0.2) is 19.0 Å². The van der Waals surface area contributed by atoms with E-state index in [1.807, 2.05) is 24.3 Å². The van der Waals surface area contributed by atoms with Crippen molar-refractivity contribution in [1.29, 1.82) is 5.26 Å². The Morgan fingerprint density at radius 3 is 2.45 bits per heavy atom. The lowest BCUT2D eigenvalue weighted by Gasteiger charge is -2.07. The lowest BCUT2D eigenvalue weighted by molar-refractivity contribution is -0.115. The first-order valence-corrected chi connectivity index (χ1v) is 7.32. The standard InChI is InChI=1S/C18H19N3O/c19-13-16-8-10-17(11-9-16)21-18(22)14-20-12-4-7-15-5-2-1-3-6-15/h1-3,5-6,8-11,20H,4,7,12,14H2,(H,21,22). The number of nitrogens with zero attached hydrogens (tertiary/aromatic N) is 1. The van der Waals surface area contributed by atoms with Crippen molar-refractivity contribution in [2.24, 2.45) is 0 Å². The summed E-state index contributed by atoms with van der Waals surface area (Å²) in [7, 11) is 0. The molecule has 0 radical (unpaired) electrons. The Labute approximate surface area is 130 Å². The van der Waals surface area contributed by atoms with E-state index >= 15 is 0 Å². The minimum absolute atomic E-state index is 0.0792. The van der Waals surface area contributed by atoms with E-state index in [4.69, 9.17) is 5.26 Å². The van der Waals surface area contributed by atoms with Gasteiger partial charge in [0.2, 0.25) is 5.91 Å². The van der Waals surface area contributed by atoms with Crippen LogP contribution in [0.1, 0.15) is 17.5 Å². The molecule has 0 heterocycles. The predicted molar refractivity (Wildman–Crippen MR) is 87.4 cm³/mol. The van der Waals surface area contributed by atoms with Gasteiger partial charge in [-0.15, -0.1) is 0 Å². The smallest absolute Gasteiger partial charge is 0.238 e. The molecule has 1 amide bonds. The molecular weight excluding hydrogens is 274 g/mol. The van der Waals surface area contributed by atoms with E-state index in [2.05, 4.69) is 22.8 Å². The van der Waals surface area contributed by atoms with Gasteiger partial charge in [-0.05, 0) is 49.2 Å². The van der Waals surface area contributed by atoms with Crippen LogP contribution in [0.5, 0.6) is 0 Å². The number of nitrogens with one attached hydrogen (secondary N) is 2. The number of benzene rings is 2. The first kappa shape index (κ1) is 15.7. The number of rotatable bonds is 7. The fourth-order valence-electron chi connectivity index (χ4n) is 2.10. The minimum Gasteiger partial charge on any atom is -0.325 e. The summed E-state index contributed by atoms with van der Waals surface area (Å²) in [5.41, 5.74) is 2.60. The normalized spacial score (nSPS) is 9.95. The molecule has 2 aromatic carbocycles. The van der Waals surface area contributed by atoms with Crippen molar-refractivity contribution in [3.63, 3.8) is 0 Å². The van der Waals surface area contributed by atoms with Gasteiger partial charge in [-0.25, -0.2) is 0 Å². The Kier molecular flexibility index (Phi) is 6.16. The number of carbonyl (C=O) groups is 1. The molecule has 0 aromatic heterocycles. The molecule has 4 heteroatoms. The molecule has 112 valence electrons. The van der Waals surface area contributed by atoms with E-state index in [1.165, 1.54) is 5.56 Å². The first-order valence-electron chi connectivity index (χ1n) is 7.32. The second-order valence-corrected chi connectivity index (χ2v) is 5.00. The third-order valence-corrected chi connectivity index (χ3v) is 3.25. The van der Waals surface area contributed by atoms with E-state index in [0.29, 0.717) is 11.3 Å². The average Bonchev–Trinajstić information content (AvgIpc) is 2.56. The van der Waals surface area contributed by atoms with Crippen LogP contribution in [0, 0.1) is 11.3 Å². The highest BCUT2D eigenvalue weighted by Crippen LogP contribution is 2.08. The molecule has 0 fully saturated rings. The quantitative estimate of drug-likeness (QED) is 0.771. The van der Waals surface area contributed by atoms with Crippen molar-refractivity contribution < 1.29 is 4.79 Å². The maximum Gasteiger partial charge on any atom is 0.238 e. The molecule has 2 rings (SSSR count). The van der Waals surface area contributed by atoms with E-state index < -0.39 is 0 Å². The van der Waals surface area contributed by atoms with Crippen LogP contribution in [-0.2, 0) is 11.2 Å². The summed E-state index contributed by atoms with van der Waals surface area (Å²) in [6, 6.07) is 19.2. The SMILES string of the molecule is N#Cc1ccc(NC(=O)CNCCCc2ccccc2)cc1. The molecule has 4 nitrogen and oxygen atoms in total. The van der Waals surface area contributed by atoms with Gasteiger partial charge in [0.25, 0.3) is 0 Å². The fraction of sp³-hybridized carbons (Fsp3) is 0.222. The summed E-state index contributed by atoms with van der Waals surface area (Å²) >= 11 is 0. The van der Waals surface area contributed by atoms with Gasteiger partial charge in [0.05, 0.1) is 18.2 Å². The van der Waals surface area contributed by atoms with Crippen LogP contribution in [0.4, 0.5) is 5.69 Å².